The van der Waals surface area contributed by atoms with Crippen LogP contribution in [0.15, 0.2) is 42.5 Å². The zero-order chi connectivity index (χ0) is 18.5. The summed E-state index contributed by atoms with van der Waals surface area (Å²) in [5.74, 6) is 0.962. The van der Waals surface area contributed by atoms with Gasteiger partial charge in [-0.2, -0.15) is 0 Å². The molecule has 1 aliphatic rings. The highest BCUT2D eigenvalue weighted by Gasteiger charge is 2.19. The van der Waals surface area contributed by atoms with Gasteiger partial charge < -0.3 is 15.0 Å². The number of benzene rings is 2. The molecule has 0 aromatic heterocycles. The Hall–Kier alpha value is -1.91. The minimum Gasteiger partial charge on any atom is -0.482 e. The number of nitrogens with zero attached hydrogens (tertiary/aromatic N) is 1. The lowest BCUT2D eigenvalue weighted by molar-refractivity contribution is -0.118. The quantitative estimate of drug-likeness (QED) is 0.755. The van der Waals surface area contributed by atoms with Crippen molar-refractivity contribution < 1.29 is 9.53 Å². The van der Waals surface area contributed by atoms with Crippen molar-refractivity contribution in [3.63, 3.8) is 0 Å². The maximum atomic E-state index is 12.3. The molecule has 0 aliphatic carbocycles. The number of halogens is 2. The molecule has 0 radical (unpaired) electrons. The molecule has 0 atom stereocenters. The molecule has 3 rings (SSSR count). The average molecular weight is 393 g/mol. The molecule has 2 aromatic carbocycles. The van der Waals surface area contributed by atoms with Crippen molar-refractivity contribution in [1.82, 2.24) is 0 Å². The van der Waals surface area contributed by atoms with Gasteiger partial charge in [0.2, 0.25) is 0 Å². The van der Waals surface area contributed by atoms with E-state index in [2.05, 4.69) is 17.1 Å². The third kappa shape index (κ3) is 4.83. The maximum absolute atomic E-state index is 12.3. The van der Waals surface area contributed by atoms with E-state index in [-0.39, 0.29) is 12.5 Å². The highest BCUT2D eigenvalue weighted by molar-refractivity contribution is 6.35. The molecule has 4 nitrogen and oxygen atoms in total. The van der Waals surface area contributed by atoms with Gasteiger partial charge in [0, 0.05) is 18.1 Å². The molecule has 1 saturated heterocycles. The molecular weight excluding hydrogens is 371 g/mol. The van der Waals surface area contributed by atoms with Crippen LogP contribution in [0.25, 0.3) is 0 Å². The first-order valence-corrected chi connectivity index (χ1v) is 9.50. The van der Waals surface area contributed by atoms with Gasteiger partial charge in [0.1, 0.15) is 5.75 Å². The summed E-state index contributed by atoms with van der Waals surface area (Å²) < 4.78 is 5.51. The lowest BCUT2D eigenvalue weighted by Gasteiger charge is -2.33. The van der Waals surface area contributed by atoms with Crippen molar-refractivity contribution in [1.29, 1.82) is 0 Å². The van der Waals surface area contributed by atoms with E-state index >= 15 is 0 Å². The second-order valence-electron chi connectivity index (χ2n) is 6.60. The molecule has 2 aromatic rings. The molecule has 0 bridgehead atoms. The SMILES string of the molecule is CC1CCN(c2ccccc2NC(=O)COc2ccc(Cl)cc2Cl)CC1. The normalized spacial score (nSPS) is 15.0. The molecule has 0 spiro atoms. The molecule has 1 amide bonds. The number of anilines is 2. The summed E-state index contributed by atoms with van der Waals surface area (Å²) in [6, 6.07) is 12.8. The topological polar surface area (TPSA) is 41.6 Å². The summed E-state index contributed by atoms with van der Waals surface area (Å²) in [5, 5.41) is 3.85. The first kappa shape index (κ1) is 18.9. The van der Waals surface area contributed by atoms with Crippen molar-refractivity contribution >= 4 is 40.5 Å². The fourth-order valence-corrected chi connectivity index (χ4v) is 3.49. The third-order valence-electron chi connectivity index (χ3n) is 4.56. The Balaban J connectivity index is 1.62. The van der Waals surface area contributed by atoms with Crippen molar-refractivity contribution in [2.24, 2.45) is 5.92 Å². The van der Waals surface area contributed by atoms with E-state index in [1.165, 1.54) is 12.8 Å². The van der Waals surface area contributed by atoms with Gasteiger partial charge >= 0.3 is 0 Å². The second-order valence-corrected chi connectivity index (χ2v) is 7.44. The molecule has 0 saturated carbocycles. The Morgan fingerprint density at radius 1 is 1.19 bits per heavy atom. The fourth-order valence-electron chi connectivity index (χ4n) is 3.03. The lowest BCUT2D eigenvalue weighted by Crippen LogP contribution is -2.33. The molecule has 1 aliphatic heterocycles. The smallest absolute Gasteiger partial charge is 0.262 e. The van der Waals surface area contributed by atoms with Gasteiger partial charge in [-0.25, -0.2) is 0 Å². The summed E-state index contributed by atoms with van der Waals surface area (Å²) in [5.41, 5.74) is 1.86. The Morgan fingerprint density at radius 3 is 2.65 bits per heavy atom. The molecular formula is C20H22Cl2N2O2. The Bertz CT molecular complexity index is 774. The van der Waals surface area contributed by atoms with E-state index < -0.39 is 0 Å². The molecule has 138 valence electrons. The fraction of sp³-hybridized carbons (Fsp3) is 0.350. The maximum Gasteiger partial charge on any atom is 0.262 e. The summed E-state index contributed by atoms with van der Waals surface area (Å²) in [6.07, 6.45) is 2.33. The minimum absolute atomic E-state index is 0.118. The number of carbonyl (C=O) groups is 1. The van der Waals surface area contributed by atoms with Crippen LogP contribution in [0, 0.1) is 5.92 Å². The van der Waals surface area contributed by atoms with Crippen LogP contribution in [-0.4, -0.2) is 25.6 Å². The number of ether oxygens (including phenoxy) is 1. The van der Waals surface area contributed by atoms with Gasteiger partial charge in [-0.15, -0.1) is 0 Å². The predicted molar refractivity (Wildman–Crippen MR) is 108 cm³/mol. The third-order valence-corrected chi connectivity index (χ3v) is 5.09. The van der Waals surface area contributed by atoms with E-state index in [0.717, 1.165) is 30.4 Å². The number of hydrogen-bond donors (Lipinski definition) is 1. The van der Waals surface area contributed by atoms with Crippen molar-refractivity contribution in [3.05, 3.63) is 52.5 Å². The molecule has 1 N–H and O–H groups in total. The van der Waals surface area contributed by atoms with Gasteiger partial charge in [0.15, 0.2) is 6.61 Å². The van der Waals surface area contributed by atoms with E-state index in [0.29, 0.717) is 15.8 Å². The van der Waals surface area contributed by atoms with Crippen LogP contribution in [0.3, 0.4) is 0 Å². The number of para-hydroxylation sites is 2. The largest absolute Gasteiger partial charge is 0.482 e. The number of nitrogens with one attached hydrogen (secondary N) is 1. The average Bonchev–Trinajstić information content (AvgIpc) is 2.62. The zero-order valence-electron chi connectivity index (χ0n) is 14.7. The molecule has 6 heteroatoms. The standard InChI is InChI=1S/C20H22Cl2N2O2/c1-14-8-10-24(11-9-14)18-5-3-2-4-17(18)23-20(25)13-26-19-7-6-15(21)12-16(19)22/h2-7,12,14H,8-11,13H2,1H3,(H,23,25). The first-order valence-electron chi connectivity index (χ1n) is 8.74. The van der Waals surface area contributed by atoms with Crippen LogP contribution in [0.4, 0.5) is 11.4 Å². The number of rotatable bonds is 5. The van der Waals surface area contributed by atoms with E-state index in [1.54, 1.807) is 18.2 Å². The zero-order valence-corrected chi connectivity index (χ0v) is 16.2. The van der Waals surface area contributed by atoms with Crippen LogP contribution in [0.2, 0.25) is 10.0 Å². The number of hydrogen-bond acceptors (Lipinski definition) is 3. The molecule has 1 heterocycles. The van der Waals surface area contributed by atoms with E-state index in [9.17, 15) is 4.79 Å². The van der Waals surface area contributed by atoms with Gasteiger partial charge in [-0.05, 0) is 49.1 Å². The number of amides is 1. The number of piperidine rings is 1. The summed E-state index contributed by atoms with van der Waals surface area (Å²) in [6.45, 7) is 4.17. The highest BCUT2D eigenvalue weighted by atomic mass is 35.5. The monoisotopic (exact) mass is 392 g/mol. The van der Waals surface area contributed by atoms with Crippen LogP contribution < -0.4 is 15.0 Å². The molecule has 0 unspecified atom stereocenters. The lowest BCUT2D eigenvalue weighted by atomic mass is 9.98. The van der Waals surface area contributed by atoms with E-state index in [1.807, 2.05) is 24.3 Å². The number of carbonyl (C=O) groups excluding carboxylic acids is 1. The molecule has 26 heavy (non-hydrogen) atoms. The highest BCUT2D eigenvalue weighted by Crippen LogP contribution is 2.30. The van der Waals surface area contributed by atoms with Gasteiger partial charge in [-0.3, -0.25) is 4.79 Å². The first-order chi connectivity index (χ1) is 12.5. The van der Waals surface area contributed by atoms with Gasteiger partial charge in [-0.1, -0.05) is 42.3 Å². The van der Waals surface area contributed by atoms with Crippen LogP contribution in [0.5, 0.6) is 5.75 Å². The van der Waals surface area contributed by atoms with E-state index in [4.69, 9.17) is 27.9 Å². The van der Waals surface area contributed by atoms with Gasteiger partial charge in [0.25, 0.3) is 5.91 Å². The van der Waals surface area contributed by atoms with Crippen LogP contribution in [-0.2, 0) is 4.79 Å². The predicted octanol–water partition coefficient (Wildman–Crippen LogP) is 5.25. The van der Waals surface area contributed by atoms with Crippen molar-refractivity contribution in [3.8, 4) is 5.75 Å². The summed E-state index contributed by atoms with van der Waals surface area (Å²) in [7, 11) is 0. The van der Waals surface area contributed by atoms with Crippen molar-refractivity contribution in [2.45, 2.75) is 19.8 Å². The summed E-state index contributed by atoms with van der Waals surface area (Å²) >= 11 is 11.9. The van der Waals surface area contributed by atoms with Gasteiger partial charge in [0.05, 0.1) is 16.4 Å². The Morgan fingerprint density at radius 2 is 1.92 bits per heavy atom. The van der Waals surface area contributed by atoms with Crippen LogP contribution in [0.1, 0.15) is 19.8 Å². The minimum atomic E-state index is -0.228. The second kappa shape index (κ2) is 8.65. The molecule has 1 fully saturated rings. The Kier molecular flexibility index (Phi) is 6.28. The van der Waals surface area contributed by atoms with Crippen molar-refractivity contribution in [2.75, 3.05) is 29.9 Å². The summed E-state index contributed by atoms with van der Waals surface area (Å²) in [4.78, 5) is 14.7. The Labute approximate surface area is 164 Å². The van der Waals surface area contributed by atoms with Crippen LogP contribution >= 0.6 is 23.2 Å².